The predicted octanol–water partition coefficient (Wildman–Crippen LogP) is 8.10. The highest BCUT2D eigenvalue weighted by atomic mass is 16.5. The summed E-state index contributed by atoms with van der Waals surface area (Å²) in [6.07, 6.45) is 1.14. The molecule has 2 aromatic rings. The van der Waals surface area contributed by atoms with Crippen LogP contribution < -0.4 is 16.4 Å². The van der Waals surface area contributed by atoms with Crippen LogP contribution >= 0.6 is 0 Å². The van der Waals surface area contributed by atoms with Crippen molar-refractivity contribution < 1.29 is 57.9 Å². The summed E-state index contributed by atoms with van der Waals surface area (Å²) in [4.78, 5) is 88.0. The molecule has 89 heavy (non-hydrogen) atoms. The number of carbonyl (C=O) groups excluding carboxylic acids is 6. The van der Waals surface area contributed by atoms with Crippen LogP contribution in [-0.4, -0.2) is 188 Å². The molecule has 0 aliphatic carbocycles. The number of likely N-dealkylation sites (N-methyl/N-ethyl adjacent to an activating group) is 2. The van der Waals surface area contributed by atoms with Gasteiger partial charge in [0.2, 0.25) is 35.4 Å². The maximum absolute atomic E-state index is 13.9. The van der Waals surface area contributed by atoms with Gasteiger partial charge in [0, 0.05) is 68.5 Å². The molecule has 2 saturated heterocycles. The zero-order chi connectivity index (χ0) is 67.6. The number of hydrogen-bond donors (Lipinski definition) is 5. The molecule has 20 nitrogen and oxygen atoms in total. The lowest BCUT2D eigenvalue weighted by Crippen LogP contribution is -2.56. The number of rotatable bonds is 32. The number of aliphatic hydroxyl groups excluding tert-OH is 2. The Labute approximate surface area is 534 Å². The Kier molecular flexibility index (Phi) is 35.5. The summed E-state index contributed by atoms with van der Waals surface area (Å²) in [6, 6.07) is 17.4. The summed E-state index contributed by atoms with van der Waals surface area (Å²) in [5.41, 5.74) is 7.66. The van der Waals surface area contributed by atoms with Crippen molar-refractivity contribution in [1.29, 1.82) is 5.26 Å². The highest BCUT2D eigenvalue weighted by molar-refractivity contribution is 5.83. The zero-order valence-corrected chi connectivity index (χ0v) is 57.7. The first kappa shape index (κ1) is 79.6. The second-order valence-corrected chi connectivity index (χ2v) is 25.5. The van der Waals surface area contributed by atoms with Gasteiger partial charge in [0.15, 0.2) is 0 Å². The summed E-state index contributed by atoms with van der Waals surface area (Å²) < 4.78 is 23.6. The second kappa shape index (κ2) is 39.7. The van der Waals surface area contributed by atoms with E-state index in [0.29, 0.717) is 19.5 Å². The fourth-order valence-corrected chi connectivity index (χ4v) is 12.5. The molecule has 504 valence electrons. The molecule has 2 heterocycles. The Morgan fingerprint density at radius 2 is 0.921 bits per heavy atom. The highest BCUT2D eigenvalue weighted by Gasteiger charge is 2.45. The third-order valence-electron chi connectivity index (χ3n) is 18.9. The molecular formula is C69H116N8O12. The van der Waals surface area contributed by atoms with Crippen LogP contribution in [0.4, 0.5) is 0 Å². The van der Waals surface area contributed by atoms with Gasteiger partial charge in [0.05, 0.1) is 110 Å². The first-order chi connectivity index (χ1) is 42.0. The van der Waals surface area contributed by atoms with E-state index in [1.807, 2.05) is 112 Å². The number of nitrogens with one attached hydrogen (secondary N) is 2. The van der Waals surface area contributed by atoms with Crippen molar-refractivity contribution in [2.75, 3.05) is 55.6 Å². The van der Waals surface area contributed by atoms with E-state index in [1.54, 1.807) is 79.1 Å². The molecule has 6 amide bonds. The monoisotopic (exact) mass is 1250 g/mol. The minimum absolute atomic E-state index is 0.0183. The van der Waals surface area contributed by atoms with E-state index in [1.165, 1.54) is 6.92 Å². The van der Waals surface area contributed by atoms with Crippen molar-refractivity contribution in [3.8, 4) is 6.07 Å². The molecule has 18 atom stereocenters. The Morgan fingerprint density at radius 3 is 1.21 bits per heavy atom. The van der Waals surface area contributed by atoms with E-state index >= 15 is 0 Å². The lowest BCUT2D eigenvalue weighted by Gasteiger charge is -2.40. The van der Waals surface area contributed by atoms with E-state index in [4.69, 9.17) is 29.9 Å². The highest BCUT2D eigenvalue weighted by Crippen LogP contribution is 2.33. The van der Waals surface area contributed by atoms with Gasteiger partial charge < -0.3 is 65.1 Å². The number of nitriles is 1. The third-order valence-corrected chi connectivity index (χ3v) is 18.9. The zero-order valence-electron chi connectivity index (χ0n) is 57.7. The van der Waals surface area contributed by atoms with E-state index in [0.717, 1.165) is 43.2 Å². The second-order valence-electron chi connectivity index (χ2n) is 25.5. The van der Waals surface area contributed by atoms with Crippen molar-refractivity contribution >= 4 is 35.4 Å². The summed E-state index contributed by atoms with van der Waals surface area (Å²) >= 11 is 0. The molecule has 2 fully saturated rings. The van der Waals surface area contributed by atoms with Gasteiger partial charge in [-0.15, -0.1) is 0 Å². The van der Waals surface area contributed by atoms with Crippen molar-refractivity contribution in [1.82, 2.24) is 30.2 Å². The number of hydrogen-bond acceptors (Lipinski definition) is 14. The fourth-order valence-electron chi connectivity index (χ4n) is 12.5. The summed E-state index contributed by atoms with van der Waals surface area (Å²) in [7, 11) is 9.88. The number of methoxy groups -OCH3 is 4. The van der Waals surface area contributed by atoms with Crippen LogP contribution in [0, 0.1) is 52.8 Å². The van der Waals surface area contributed by atoms with Gasteiger partial charge in [0.1, 0.15) is 0 Å². The fraction of sp³-hybridized carbons (Fsp3) is 0.725. The van der Waals surface area contributed by atoms with E-state index < -0.39 is 66.6 Å². The molecule has 6 N–H and O–H groups in total. The Bertz CT molecular complexity index is 2310. The number of benzene rings is 2. The predicted molar refractivity (Wildman–Crippen MR) is 348 cm³/mol. The quantitative estimate of drug-likeness (QED) is 0.0464. The number of amides is 6. The SMILES string of the molecule is CC#N.CC[C@H](C)[C@@H]([C@@H](CC(=O)N1CCC[C@H]1[C@H](OC)[C@@H](C)C(=O)N[C@H](C)[C@@H](O)c1ccccc1)OC)N(C)C(=O)[C@@H](C)C(C)C.CC[C@H](C)[C@@H]([C@@H](CC(=O)N1CCC[C@H]1[C@H](OC)[C@@H](C)C(=O)N[C@H](C)[C@@H](O)c1ccccc1)OC)N(C)C(=O)[C@@H](N)C(C)C. The molecular weight excluding hydrogens is 1130 g/mol. The van der Waals surface area contributed by atoms with E-state index in [2.05, 4.69) is 38.3 Å². The first-order valence-corrected chi connectivity index (χ1v) is 32.4. The molecule has 0 spiro atoms. The lowest BCUT2D eigenvalue weighted by atomic mass is 9.88. The molecule has 2 aliphatic rings. The van der Waals surface area contributed by atoms with Gasteiger partial charge in [0.25, 0.3) is 0 Å². The number of nitrogens with two attached hydrogens (primary N) is 1. The molecule has 0 bridgehead atoms. The molecule has 0 saturated carbocycles. The molecule has 0 aromatic heterocycles. The topological polar surface area (TPSA) is 267 Å². The van der Waals surface area contributed by atoms with Gasteiger partial charge in [-0.2, -0.15) is 5.26 Å². The largest absolute Gasteiger partial charge is 0.386 e. The molecule has 0 radical (unpaired) electrons. The van der Waals surface area contributed by atoms with Crippen molar-refractivity contribution in [2.45, 2.75) is 227 Å². The average molecular weight is 1250 g/mol. The van der Waals surface area contributed by atoms with Crippen molar-refractivity contribution in [2.24, 2.45) is 47.2 Å². The van der Waals surface area contributed by atoms with Crippen LogP contribution in [-0.2, 0) is 47.7 Å². The molecule has 2 aromatic carbocycles. The van der Waals surface area contributed by atoms with Gasteiger partial charge in [-0.3, -0.25) is 28.8 Å². The van der Waals surface area contributed by atoms with Gasteiger partial charge >= 0.3 is 0 Å². The minimum Gasteiger partial charge on any atom is -0.386 e. The summed E-state index contributed by atoms with van der Waals surface area (Å²) in [5, 5.41) is 34.7. The van der Waals surface area contributed by atoms with E-state index in [9.17, 15) is 39.0 Å². The number of ether oxygens (including phenoxy) is 4. The van der Waals surface area contributed by atoms with Crippen LogP contribution in [0.15, 0.2) is 60.7 Å². The number of nitrogens with zero attached hydrogens (tertiary/aromatic N) is 5. The third kappa shape index (κ3) is 22.4. The Morgan fingerprint density at radius 1 is 0.584 bits per heavy atom. The van der Waals surface area contributed by atoms with Crippen LogP contribution in [0.25, 0.3) is 0 Å². The minimum atomic E-state index is -0.854. The molecule has 0 unspecified atom stereocenters. The summed E-state index contributed by atoms with van der Waals surface area (Å²) in [5.74, 6) is -1.64. The number of likely N-dealkylation sites (tertiary alicyclic amines) is 2. The van der Waals surface area contributed by atoms with Crippen LogP contribution in [0.5, 0.6) is 0 Å². The number of carbonyl (C=O) groups is 6. The van der Waals surface area contributed by atoms with Gasteiger partial charge in [-0.1, -0.05) is 150 Å². The molecule has 20 heteroatoms. The molecule has 4 rings (SSSR count). The standard InChI is InChI=1S/C34H57N3O6.C33H56N4O6.C2H3N/c1-11-22(4)30(36(8)34(41)23(5)21(2)3)28(42-9)20-29(38)37-19-15-18-27(37)32(43-10)24(6)33(40)35-25(7)31(39)26-16-13-12-14-17-26;1-10-21(4)29(36(7)33(41)28(34)20(2)3)26(42-8)19-27(38)37-18-14-17-25(37)31(43-9)22(5)32(40)35-23(6)30(39)24-15-12-11-13-16-24;1-2-3/h12-14,16-17,21-25,27-28,30-32,39H,11,15,18-20H2,1-10H3,(H,35,40);11-13,15-16,20-23,25-26,28-31,39H,10,14,17-19,34H2,1-9H3,(H,35,40);1H3/t22-,23-,24+,25+,27-,28+,30-,31+,32+;21-,22+,23+,25-,26+,28-,29-,30+,31+;/m00./s1. The van der Waals surface area contributed by atoms with Crippen LogP contribution in [0.3, 0.4) is 0 Å². The normalized spacial score (nSPS) is 20.3. The van der Waals surface area contributed by atoms with Crippen molar-refractivity contribution in [3.63, 3.8) is 0 Å². The Hall–Kier alpha value is -5.53. The van der Waals surface area contributed by atoms with Gasteiger partial charge in [-0.05, 0) is 74.3 Å². The smallest absolute Gasteiger partial charge is 0.239 e. The summed E-state index contributed by atoms with van der Waals surface area (Å²) in [6.45, 7) is 27.9. The van der Waals surface area contributed by atoms with Crippen LogP contribution in [0.1, 0.15) is 172 Å². The Balaban J connectivity index is 0.000000581. The van der Waals surface area contributed by atoms with Crippen molar-refractivity contribution in [3.05, 3.63) is 71.8 Å². The van der Waals surface area contributed by atoms with E-state index in [-0.39, 0.29) is 102 Å². The molecule has 2 aliphatic heterocycles. The maximum Gasteiger partial charge on any atom is 0.239 e. The van der Waals surface area contributed by atoms with Crippen LogP contribution in [0.2, 0.25) is 0 Å². The lowest BCUT2D eigenvalue weighted by molar-refractivity contribution is -0.148. The maximum atomic E-state index is 13.9. The number of aliphatic hydroxyl groups is 2. The average Bonchev–Trinajstić information content (AvgIpc) is 4.15. The van der Waals surface area contributed by atoms with Gasteiger partial charge in [-0.25, -0.2) is 0 Å². The first-order valence-electron chi connectivity index (χ1n) is 32.4.